The molecule has 5 heteroatoms. The number of hydrogen-bond donors (Lipinski definition) is 2. The van der Waals surface area contributed by atoms with E-state index in [0.29, 0.717) is 5.75 Å². The number of thioether (sulfide) groups is 1. The zero-order chi connectivity index (χ0) is 13.6. The fraction of sp³-hybridized carbons (Fsp3) is 0.500. The van der Waals surface area contributed by atoms with E-state index in [1.54, 1.807) is 11.8 Å². The van der Waals surface area contributed by atoms with Gasteiger partial charge in [0.25, 0.3) is 0 Å². The van der Waals surface area contributed by atoms with E-state index in [4.69, 9.17) is 4.74 Å². The molecule has 2 N–H and O–H groups in total. The first-order chi connectivity index (χ1) is 9.18. The van der Waals surface area contributed by atoms with Gasteiger partial charge in [-0.1, -0.05) is 30.3 Å². The molecular weight excluding hydrogens is 262 g/mol. The van der Waals surface area contributed by atoms with E-state index < -0.39 is 11.7 Å². The van der Waals surface area contributed by atoms with Crippen LogP contribution in [0.2, 0.25) is 0 Å². The molecule has 0 saturated carbocycles. The molecule has 1 amide bonds. The summed E-state index contributed by atoms with van der Waals surface area (Å²) in [4.78, 5) is 11.5. The Morgan fingerprint density at radius 2 is 2.21 bits per heavy atom. The van der Waals surface area contributed by atoms with Crippen molar-refractivity contribution in [1.82, 2.24) is 5.32 Å². The average Bonchev–Trinajstić information content (AvgIpc) is 2.45. The molecule has 2 rings (SSSR count). The predicted octanol–water partition coefficient (Wildman–Crippen LogP) is 2.17. The van der Waals surface area contributed by atoms with Gasteiger partial charge in [-0.05, 0) is 24.2 Å². The Morgan fingerprint density at radius 3 is 2.89 bits per heavy atom. The largest absolute Gasteiger partial charge is 0.445 e. The highest BCUT2D eigenvalue weighted by atomic mass is 32.2. The van der Waals surface area contributed by atoms with Crippen molar-refractivity contribution in [2.75, 3.05) is 18.1 Å². The second-order valence-electron chi connectivity index (χ2n) is 4.80. The molecular formula is C14H19NO3S. The molecule has 1 aliphatic rings. The summed E-state index contributed by atoms with van der Waals surface area (Å²) in [5.41, 5.74) is 0.166. The van der Waals surface area contributed by atoms with E-state index in [2.05, 4.69) is 5.32 Å². The molecule has 104 valence electrons. The van der Waals surface area contributed by atoms with Crippen molar-refractivity contribution in [2.24, 2.45) is 0 Å². The maximum atomic E-state index is 11.5. The first-order valence-corrected chi connectivity index (χ1v) is 7.58. The van der Waals surface area contributed by atoms with Crippen LogP contribution in [0.3, 0.4) is 0 Å². The number of alkyl carbamates (subject to hydrolysis) is 1. The summed E-state index contributed by atoms with van der Waals surface area (Å²) in [5.74, 6) is 1.76. The summed E-state index contributed by atoms with van der Waals surface area (Å²) in [6, 6.07) is 9.52. The standard InChI is InChI=1S/C14H19NO3S/c16-13(18-9-12-5-2-1-3-6-12)15-10-14(17)7-4-8-19-11-14/h1-3,5-6,17H,4,7-11H2,(H,15,16). The van der Waals surface area contributed by atoms with Gasteiger partial charge in [0, 0.05) is 5.75 Å². The van der Waals surface area contributed by atoms with E-state index >= 15 is 0 Å². The SMILES string of the molecule is O=C(NCC1(O)CCCSC1)OCc1ccccc1. The molecule has 1 heterocycles. The lowest BCUT2D eigenvalue weighted by molar-refractivity contribution is 0.0490. The Labute approximate surface area is 117 Å². The van der Waals surface area contributed by atoms with Crippen molar-refractivity contribution >= 4 is 17.9 Å². The summed E-state index contributed by atoms with van der Waals surface area (Å²) in [6.07, 6.45) is 1.24. The zero-order valence-corrected chi connectivity index (χ0v) is 11.6. The van der Waals surface area contributed by atoms with Crippen LogP contribution in [0.25, 0.3) is 0 Å². The smallest absolute Gasteiger partial charge is 0.407 e. The maximum Gasteiger partial charge on any atom is 0.407 e. The van der Waals surface area contributed by atoms with Crippen LogP contribution >= 0.6 is 11.8 Å². The van der Waals surface area contributed by atoms with Crippen molar-refractivity contribution < 1.29 is 14.6 Å². The van der Waals surface area contributed by atoms with Crippen molar-refractivity contribution in [3.05, 3.63) is 35.9 Å². The van der Waals surface area contributed by atoms with Crippen LogP contribution < -0.4 is 5.32 Å². The minimum Gasteiger partial charge on any atom is -0.445 e. The number of hydrogen-bond acceptors (Lipinski definition) is 4. The third-order valence-electron chi connectivity index (χ3n) is 3.08. The third-order valence-corrected chi connectivity index (χ3v) is 4.39. The summed E-state index contributed by atoms with van der Waals surface area (Å²) >= 11 is 1.72. The number of carbonyl (C=O) groups is 1. The van der Waals surface area contributed by atoms with E-state index in [0.717, 1.165) is 24.2 Å². The first kappa shape index (κ1) is 14.2. The molecule has 1 unspecified atom stereocenters. The minimum atomic E-state index is -0.783. The van der Waals surface area contributed by atoms with E-state index in [-0.39, 0.29) is 13.2 Å². The highest BCUT2D eigenvalue weighted by Crippen LogP contribution is 2.25. The summed E-state index contributed by atoms with van der Waals surface area (Å²) in [7, 11) is 0. The number of rotatable bonds is 4. The first-order valence-electron chi connectivity index (χ1n) is 6.43. The number of ether oxygens (including phenoxy) is 1. The number of amides is 1. The molecule has 1 saturated heterocycles. The molecule has 0 bridgehead atoms. The minimum absolute atomic E-state index is 0.250. The number of aliphatic hydroxyl groups is 1. The molecule has 0 aromatic heterocycles. The van der Waals surface area contributed by atoms with Crippen LogP contribution in [0.5, 0.6) is 0 Å². The lowest BCUT2D eigenvalue weighted by atomic mass is 10.0. The van der Waals surface area contributed by atoms with Gasteiger partial charge in [0.15, 0.2) is 0 Å². The molecule has 1 aliphatic heterocycles. The van der Waals surface area contributed by atoms with E-state index in [1.165, 1.54) is 0 Å². The Morgan fingerprint density at radius 1 is 1.42 bits per heavy atom. The van der Waals surface area contributed by atoms with Crippen LogP contribution in [0.1, 0.15) is 18.4 Å². The second kappa shape index (κ2) is 6.82. The number of carbonyl (C=O) groups excluding carboxylic acids is 1. The van der Waals surface area contributed by atoms with Gasteiger partial charge < -0.3 is 15.2 Å². The third kappa shape index (κ3) is 4.76. The Bertz CT molecular complexity index is 404. The van der Waals surface area contributed by atoms with E-state index in [1.807, 2.05) is 30.3 Å². The van der Waals surface area contributed by atoms with Gasteiger partial charge in [-0.15, -0.1) is 0 Å². The summed E-state index contributed by atoms with van der Waals surface area (Å²) in [5, 5.41) is 12.9. The Hall–Kier alpha value is -1.20. The van der Waals surface area contributed by atoms with Crippen LogP contribution in [0.15, 0.2) is 30.3 Å². The zero-order valence-electron chi connectivity index (χ0n) is 10.8. The lowest BCUT2D eigenvalue weighted by Gasteiger charge is -2.31. The van der Waals surface area contributed by atoms with Crippen molar-refractivity contribution in [2.45, 2.75) is 25.0 Å². The van der Waals surface area contributed by atoms with Crippen molar-refractivity contribution in [1.29, 1.82) is 0 Å². The molecule has 1 aromatic carbocycles. The molecule has 0 spiro atoms. The van der Waals surface area contributed by atoms with Gasteiger partial charge in [-0.2, -0.15) is 11.8 Å². The topological polar surface area (TPSA) is 58.6 Å². The molecule has 0 radical (unpaired) electrons. The van der Waals surface area contributed by atoms with E-state index in [9.17, 15) is 9.90 Å². The quantitative estimate of drug-likeness (QED) is 0.888. The summed E-state index contributed by atoms with van der Waals surface area (Å²) < 4.78 is 5.10. The fourth-order valence-corrected chi connectivity index (χ4v) is 3.11. The lowest BCUT2D eigenvalue weighted by Crippen LogP contribution is -2.46. The van der Waals surface area contributed by atoms with Gasteiger partial charge in [-0.3, -0.25) is 0 Å². The molecule has 1 aromatic rings. The van der Waals surface area contributed by atoms with Crippen LogP contribution in [-0.4, -0.2) is 34.9 Å². The average molecular weight is 281 g/mol. The monoisotopic (exact) mass is 281 g/mol. The molecule has 4 nitrogen and oxygen atoms in total. The van der Waals surface area contributed by atoms with Gasteiger partial charge in [0.1, 0.15) is 6.61 Å². The molecule has 19 heavy (non-hydrogen) atoms. The normalized spacial score (nSPS) is 22.8. The number of benzene rings is 1. The van der Waals surface area contributed by atoms with Gasteiger partial charge in [0.2, 0.25) is 0 Å². The number of nitrogens with one attached hydrogen (secondary N) is 1. The van der Waals surface area contributed by atoms with Crippen LogP contribution in [0.4, 0.5) is 4.79 Å². The maximum absolute atomic E-state index is 11.5. The molecule has 0 aliphatic carbocycles. The van der Waals surface area contributed by atoms with Crippen LogP contribution in [0, 0.1) is 0 Å². The van der Waals surface area contributed by atoms with Crippen molar-refractivity contribution in [3.8, 4) is 0 Å². The fourth-order valence-electron chi connectivity index (χ4n) is 1.99. The van der Waals surface area contributed by atoms with Gasteiger partial charge in [0.05, 0.1) is 12.1 Å². The van der Waals surface area contributed by atoms with Crippen LogP contribution in [-0.2, 0) is 11.3 Å². The highest BCUT2D eigenvalue weighted by Gasteiger charge is 2.30. The summed E-state index contributed by atoms with van der Waals surface area (Å²) in [6.45, 7) is 0.507. The van der Waals surface area contributed by atoms with Gasteiger partial charge in [-0.25, -0.2) is 4.79 Å². The molecule has 1 fully saturated rings. The highest BCUT2D eigenvalue weighted by molar-refractivity contribution is 7.99. The predicted molar refractivity (Wildman–Crippen MR) is 76.1 cm³/mol. The van der Waals surface area contributed by atoms with Gasteiger partial charge >= 0.3 is 6.09 Å². The van der Waals surface area contributed by atoms with Crippen molar-refractivity contribution in [3.63, 3.8) is 0 Å². The Balaban J connectivity index is 1.70. The molecule has 1 atom stereocenters. The Kier molecular flexibility index (Phi) is 5.10. The second-order valence-corrected chi connectivity index (χ2v) is 5.90.